The number of rotatable bonds is 4. The SMILES string of the molecule is CN=c1scc(-c2ccc([N+](=O)[O-])cc2)n1N=C1CCC(c2ccccc2)CC1. The zero-order valence-corrected chi connectivity index (χ0v) is 17.0. The lowest BCUT2D eigenvalue weighted by molar-refractivity contribution is -0.384. The number of aromatic nitrogens is 1. The van der Waals surface area contributed by atoms with Crippen LogP contribution in [-0.2, 0) is 0 Å². The van der Waals surface area contributed by atoms with E-state index >= 15 is 0 Å². The topological polar surface area (TPSA) is 72.8 Å². The highest BCUT2D eigenvalue weighted by Gasteiger charge is 2.20. The average Bonchev–Trinajstić information content (AvgIpc) is 3.17. The fraction of sp³-hybridized carbons (Fsp3) is 0.273. The number of nitrogens with zero attached hydrogens (tertiary/aromatic N) is 4. The Morgan fingerprint density at radius 3 is 2.38 bits per heavy atom. The highest BCUT2D eigenvalue weighted by Crippen LogP contribution is 2.32. The molecule has 0 amide bonds. The first-order valence-corrected chi connectivity index (χ1v) is 10.5. The highest BCUT2D eigenvalue weighted by molar-refractivity contribution is 7.07. The predicted molar refractivity (Wildman–Crippen MR) is 116 cm³/mol. The van der Waals surface area contributed by atoms with E-state index < -0.39 is 0 Å². The molecule has 2 aromatic carbocycles. The van der Waals surface area contributed by atoms with E-state index in [1.165, 1.54) is 34.7 Å². The standard InChI is InChI=1S/C22H22N4O2S/c1-23-22-25(21(15-29-22)18-9-13-20(14-10-18)26(27)28)24-19-11-7-17(8-12-19)16-5-3-2-4-6-16/h2-6,9-10,13-15,17H,7-8,11-12H2,1H3. The molecular formula is C22H22N4O2S. The molecule has 3 aromatic rings. The summed E-state index contributed by atoms with van der Waals surface area (Å²) in [5.74, 6) is 0.590. The smallest absolute Gasteiger partial charge is 0.261 e. The van der Waals surface area contributed by atoms with Crippen LogP contribution in [0.25, 0.3) is 11.3 Å². The van der Waals surface area contributed by atoms with Gasteiger partial charge in [0.15, 0.2) is 0 Å². The van der Waals surface area contributed by atoms with Crippen molar-refractivity contribution in [2.45, 2.75) is 31.6 Å². The molecule has 1 aromatic heterocycles. The number of nitro groups is 1. The van der Waals surface area contributed by atoms with Crippen molar-refractivity contribution in [1.82, 2.24) is 4.68 Å². The Balaban J connectivity index is 1.59. The highest BCUT2D eigenvalue weighted by atomic mass is 32.1. The first-order valence-electron chi connectivity index (χ1n) is 9.65. The van der Waals surface area contributed by atoms with Crippen LogP contribution in [0.4, 0.5) is 5.69 Å². The van der Waals surface area contributed by atoms with Crippen LogP contribution >= 0.6 is 11.3 Å². The Kier molecular flexibility index (Phi) is 5.67. The largest absolute Gasteiger partial charge is 0.269 e. The molecule has 1 aliphatic rings. The summed E-state index contributed by atoms with van der Waals surface area (Å²) in [6.07, 6.45) is 4.12. The van der Waals surface area contributed by atoms with Gasteiger partial charge in [-0.3, -0.25) is 15.1 Å². The number of benzene rings is 2. The molecule has 0 N–H and O–H groups in total. The van der Waals surface area contributed by atoms with Crippen molar-refractivity contribution in [3.05, 3.63) is 80.5 Å². The van der Waals surface area contributed by atoms with Gasteiger partial charge in [0.1, 0.15) is 0 Å². The van der Waals surface area contributed by atoms with Gasteiger partial charge >= 0.3 is 0 Å². The Bertz CT molecular complexity index is 1090. The average molecular weight is 407 g/mol. The summed E-state index contributed by atoms with van der Waals surface area (Å²) in [4.78, 5) is 15.7. The van der Waals surface area contributed by atoms with Gasteiger partial charge in [-0.1, -0.05) is 30.3 Å². The van der Waals surface area contributed by atoms with E-state index in [4.69, 9.17) is 5.10 Å². The third-order valence-corrected chi connectivity index (χ3v) is 6.23. The van der Waals surface area contributed by atoms with Crippen LogP contribution in [0, 0.1) is 10.1 Å². The molecule has 7 heteroatoms. The zero-order chi connectivity index (χ0) is 20.2. The van der Waals surface area contributed by atoms with Crippen molar-refractivity contribution in [2.24, 2.45) is 10.1 Å². The predicted octanol–water partition coefficient (Wildman–Crippen LogP) is 5.22. The van der Waals surface area contributed by atoms with E-state index in [0.29, 0.717) is 5.92 Å². The van der Waals surface area contributed by atoms with Gasteiger partial charge in [0.25, 0.3) is 5.69 Å². The summed E-state index contributed by atoms with van der Waals surface area (Å²) in [5.41, 5.74) is 4.47. The molecule has 1 fully saturated rings. The first-order chi connectivity index (χ1) is 14.2. The summed E-state index contributed by atoms with van der Waals surface area (Å²) in [6.45, 7) is 0. The molecule has 6 nitrogen and oxygen atoms in total. The maximum Gasteiger partial charge on any atom is 0.269 e. The van der Waals surface area contributed by atoms with Crippen LogP contribution in [0.3, 0.4) is 0 Å². The lowest BCUT2D eigenvalue weighted by Crippen LogP contribution is -2.18. The quantitative estimate of drug-likeness (QED) is 0.440. The van der Waals surface area contributed by atoms with Gasteiger partial charge < -0.3 is 0 Å². The van der Waals surface area contributed by atoms with Gasteiger partial charge in [0.2, 0.25) is 4.80 Å². The molecular weight excluding hydrogens is 384 g/mol. The zero-order valence-electron chi connectivity index (χ0n) is 16.2. The van der Waals surface area contributed by atoms with E-state index in [1.54, 1.807) is 19.2 Å². The molecule has 0 bridgehead atoms. The Hall–Kier alpha value is -3.06. The van der Waals surface area contributed by atoms with Gasteiger partial charge in [0.05, 0.1) is 10.6 Å². The summed E-state index contributed by atoms with van der Waals surface area (Å²) in [5, 5.41) is 17.9. The molecule has 1 aliphatic carbocycles. The maximum atomic E-state index is 10.9. The second-order valence-electron chi connectivity index (χ2n) is 7.09. The van der Waals surface area contributed by atoms with Gasteiger partial charge in [-0.15, -0.1) is 11.3 Å². The third-order valence-electron chi connectivity index (χ3n) is 5.33. The second kappa shape index (κ2) is 8.53. The molecule has 0 radical (unpaired) electrons. The summed E-state index contributed by atoms with van der Waals surface area (Å²) >= 11 is 1.52. The van der Waals surface area contributed by atoms with Gasteiger partial charge in [-0.05, 0) is 49.3 Å². The van der Waals surface area contributed by atoms with Crippen LogP contribution in [-0.4, -0.2) is 22.4 Å². The Labute approximate surface area is 173 Å². The molecule has 0 saturated heterocycles. The monoisotopic (exact) mass is 406 g/mol. The van der Waals surface area contributed by atoms with Gasteiger partial charge in [0, 0.05) is 35.8 Å². The summed E-state index contributed by atoms with van der Waals surface area (Å²) < 4.78 is 1.88. The van der Waals surface area contributed by atoms with Crippen LogP contribution in [0.5, 0.6) is 0 Å². The molecule has 0 aliphatic heterocycles. The van der Waals surface area contributed by atoms with E-state index in [9.17, 15) is 10.1 Å². The number of hydrogen-bond donors (Lipinski definition) is 0. The van der Waals surface area contributed by atoms with E-state index in [1.807, 2.05) is 10.1 Å². The summed E-state index contributed by atoms with van der Waals surface area (Å²) in [7, 11) is 1.76. The van der Waals surface area contributed by atoms with Crippen LogP contribution < -0.4 is 4.80 Å². The fourth-order valence-electron chi connectivity index (χ4n) is 3.75. The number of non-ortho nitro benzene ring substituents is 1. The van der Waals surface area contributed by atoms with Crippen LogP contribution in [0.15, 0.2) is 70.1 Å². The number of thiazole rings is 1. The fourth-order valence-corrected chi connectivity index (χ4v) is 4.55. The maximum absolute atomic E-state index is 10.9. The van der Waals surface area contributed by atoms with Crippen LogP contribution in [0.1, 0.15) is 37.2 Å². The minimum absolute atomic E-state index is 0.0847. The van der Waals surface area contributed by atoms with Crippen molar-refractivity contribution in [2.75, 3.05) is 7.05 Å². The molecule has 1 heterocycles. The van der Waals surface area contributed by atoms with E-state index in [0.717, 1.165) is 41.7 Å². The molecule has 0 spiro atoms. The van der Waals surface area contributed by atoms with Crippen molar-refractivity contribution >= 4 is 22.7 Å². The van der Waals surface area contributed by atoms with Crippen molar-refractivity contribution in [3.63, 3.8) is 0 Å². The lowest BCUT2D eigenvalue weighted by atomic mass is 9.83. The Morgan fingerprint density at radius 2 is 1.76 bits per heavy atom. The minimum Gasteiger partial charge on any atom is -0.261 e. The molecule has 1 saturated carbocycles. The van der Waals surface area contributed by atoms with Crippen molar-refractivity contribution in [1.29, 1.82) is 0 Å². The minimum atomic E-state index is -0.385. The second-order valence-corrected chi connectivity index (χ2v) is 7.93. The molecule has 148 valence electrons. The summed E-state index contributed by atoms with van der Waals surface area (Å²) in [6, 6.07) is 17.3. The van der Waals surface area contributed by atoms with Gasteiger partial charge in [-0.25, -0.2) is 4.68 Å². The molecule has 0 unspecified atom stereocenters. The van der Waals surface area contributed by atoms with Crippen molar-refractivity contribution < 1.29 is 4.92 Å². The normalized spacial score (nSPS) is 17.3. The van der Waals surface area contributed by atoms with E-state index in [2.05, 4.69) is 35.3 Å². The molecule has 4 rings (SSSR count). The lowest BCUT2D eigenvalue weighted by Gasteiger charge is -2.23. The van der Waals surface area contributed by atoms with Crippen LogP contribution in [0.2, 0.25) is 0 Å². The number of nitro benzene ring substituents is 1. The molecule has 29 heavy (non-hydrogen) atoms. The first kappa shape index (κ1) is 19.3. The molecule has 0 atom stereocenters. The number of hydrogen-bond acceptors (Lipinski definition) is 5. The Morgan fingerprint density at radius 1 is 1.07 bits per heavy atom. The third kappa shape index (κ3) is 4.19. The van der Waals surface area contributed by atoms with Gasteiger partial charge in [-0.2, -0.15) is 5.10 Å². The van der Waals surface area contributed by atoms with E-state index in [-0.39, 0.29) is 10.6 Å². The van der Waals surface area contributed by atoms with Crippen molar-refractivity contribution in [3.8, 4) is 11.3 Å².